The summed E-state index contributed by atoms with van der Waals surface area (Å²) in [7, 11) is 1.75. The van der Waals surface area contributed by atoms with E-state index < -0.39 is 5.97 Å². The van der Waals surface area contributed by atoms with Crippen LogP contribution in [0.1, 0.15) is 25.1 Å². The van der Waals surface area contributed by atoms with Gasteiger partial charge >= 0.3 is 5.97 Å². The molecule has 1 aliphatic heterocycles. The molecular formula is C18H23ClN2O4. The molecule has 0 saturated carbocycles. The van der Waals surface area contributed by atoms with Crippen LogP contribution < -0.4 is 0 Å². The molecule has 7 heteroatoms. The maximum atomic E-state index is 12.5. The number of amides is 1. The summed E-state index contributed by atoms with van der Waals surface area (Å²) in [6, 6.07) is 9.54. The van der Waals surface area contributed by atoms with Gasteiger partial charge < -0.3 is 14.4 Å². The van der Waals surface area contributed by atoms with E-state index in [0.29, 0.717) is 19.5 Å². The molecule has 0 radical (unpaired) electrons. The van der Waals surface area contributed by atoms with Crippen molar-refractivity contribution in [1.82, 2.24) is 9.80 Å². The zero-order chi connectivity index (χ0) is 17.3. The number of carbonyl (C=O) groups excluding carboxylic acids is 1. The molecule has 0 bridgehead atoms. The number of para-hydroxylation sites is 1. The molecule has 2 atom stereocenters. The van der Waals surface area contributed by atoms with Crippen molar-refractivity contribution in [3.63, 3.8) is 0 Å². The Bertz CT molecular complexity index is 727. The van der Waals surface area contributed by atoms with Gasteiger partial charge in [-0.25, -0.2) is 0 Å². The average molecular weight is 367 g/mol. The fourth-order valence-electron chi connectivity index (χ4n) is 3.10. The Morgan fingerprint density at radius 3 is 2.76 bits per heavy atom. The van der Waals surface area contributed by atoms with Crippen LogP contribution in [0.4, 0.5) is 0 Å². The molecule has 1 saturated heterocycles. The van der Waals surface area contributed by atoms with Crippen LogP contribution in [0.25, 0.3) is 11.0 Å². The number of fused-ring (bicyclic) bond motifs is 1. The largest absolute Gasteiger partial charge is 0.481 e. The number of furan rings is 1. The van der Waals surface area contributed by atoms with E-state index in [4.69, 9.17) is 9.52 Å². The lowest BCUT2D eigenvalue weighted by atomic mass is 10.1. The highest BCUT2D eigenvalue weighted by atomic mass is 35.5. The number of halogens is 1. The average Bonchev–Trinajstić information content (AvgIpc) is 3.19. The van der Waals surface area contributed by atoms with E-state index in [1.807, 2.05) is 42.2 Å². The Balaban J connectivity index is 0.00000225. The first kappa shape index (κ1) is 19.3. The van der Waals surface area contributed by atoms with Gasteiger partial charge in [-0.2, -0.15) is 0 Å². The lowest BCUT2D eigenvalue weighted by molar-refractivity contribution is -0.141. The van der Waals surface area contributed by atoms with Gasteiger partial charge in [-0.1, -0.05) is 18.2 Å². The van der Waals surface area contributed by atoms with Crippen molar-refractivity contribution in [2.75, 3.05) is 26.7 Å². The predicted molar refractivity (Wildman–Crippen MR) is 96.8 cm³/mol. The van der Waals surface area contributed by atoms with E-state index in [-0.39, 0.29) is 36.8 Å². The zero-order valence-electron chi connectivity index (χ0n) is 14.3. The predicted octanol–water partition coefficient (Wildman–Crippen LogP) is 2.78. The number of likely N-dealkylation sites (tertiary alicyclic amines) is 1. The first-order chi connectivity index (χ1) is 11.5. The fourth-order valence-corrected chi connectivity index (χ4v) is 3.10. The molecular weight excluding hydrogens is 344 g/mol. The molecule has 0 aliphatic carbocycles. The molecule has 2 heterocycles. The minimum Gasteiger partial charge on any atom is -0.481 e. The molecule has 136 valence electrons. The summed E-state index contributed by atoms with van der Waals surface area (Å²) < 4.78 is 5.83. The van der Waals surface area contributed by atoms with Crippen LogP contribution >= 0.6 is 12.4 Å². The molecule has 1 N–H and O–H groups in total. The van der Waals surface area contributed by atoms with Gasteiger partial charge in [0.15, 0.2) is 0 Å². The number of carboxylic acids is 1. The minimum absolute atomic E-state index is 0. The van der Waals surface area contributed by atoms with Gasteiger partial charge in [0.2, 0.25) is 5.91 Å². The van der Waals surface area contributed by atoms with Crippen LogP contribution in [0.3, 0.4) is 0 Å². The van der Waals surface area contributed by atoms with Gasteiger partial charge in [0.1, 0.15) is 11.3 Å². The molecule has 1 amide bonds. The van der Waals surface area contributed by atoms with Gasteiger partial charge in [-0.15, -0.1) is 12.4 Å². The summed E-state index contributed by atoms with van der Waals surface area (Å²) in [5.74, 6) is -0.435. The Labute approximate surface area is 152 Å². The number of aliphatic carboxylic acids is 1. The molecule has 2 aromatic rings. The van der Waals surface area contributed by atoms with Crippen LogP contribution in [-0.4, -0.2) is 53.5 Å². The molecule has 1 aromatic carbocycles. The number of carbonyl (C=O) groups is 2. The van der Waals surface area contributed by atoms with Crippen LogP contribution in [0.2, 0.25) is 0 Å². The smallest absolute Gasteiger partial charge is 0.307 e. The van der Waals surface area contributed by atoms with Gasteiger partial charge in [0.25, 0.3) is 0 Å². The standard InChI is InChI=1S/C18H22N2O4.ClH/c1-12(16-9-13-5-3-4-6-15(13)24-16)19(2)17(21)11-20-8-7-14(10-20)18(22)23;/h3-6,9,12,14H,7-8,10-11H2,1-2H3,(H,22,23);1H. The Morgan fingerprint density at radius 1 is 1.40 bits per heavy atom. The normalized spacial score (nSPS) is 18.7. The SMILES string of the molecule is CC(c1cc2ccccc2o1)N(C)C(=O)CN1CCC(C(=O)O)C1.Cl. The third-order valence-electron chi connectivity index (χ3n) is 4.81. The maximum Gasteiger partial charge on any atom is 0.307 e. The van der Waals surface area contributed by atoms with Gasteiger partial charge in [-0.3, -0.25) is 14.5 Å². The van der Waals surface area contributed by atoms with Gasteiger partial charge in [0, 0.05) is 19.0 Å². The van der Waals surface area contributed by atoms with Crippen molar-refractivity contribution in [2.45, 2.75) is 19.4 Å². The van der Waals surface area contributed by atoms with Gasteiger partial charge in [-0.05, 0) is 32.0 Å². The van der Waals surface area contributed by atoms with E-state index in [2.05, 4.69) is 0 Å². The number of benzene rings is 1. The summed E-state index contributed by atoms with van der Waals surface area (Å²) in [5, 5.41) is 10.1. The lowest BCUT2D eigenvalue weighted by Crippen LogP contribution is -2.38. The van der Waals surface area contributed by atoms with E-state index in [1.165, 1.54) is 0 Å². The lowest BCUT2D eigenvalue weighted by Gasteiger charge is -2.25. The molecule has 6 nitrogen and oxygen atoms in total. The van der Waals surface area contributed by atoms with Crippen molar-refractivity contribution in [2.24, 2.45) is 5.92 Å². The third kappa shape index (κ3) is 4.14. The summed E-state index contributed by atoms with van der Waals surface area (Å²) >= 11 is 0. The molecule has 25 heavy (non-hydrogen) atoms. The van der Waals surface area contributed by atoms with Crippen molar-refractivity contribution in [1.29, 1.82) is 0 Å². The Hall–Kier alpha value is -2.05. The number of likely N-dealkylation sites (N-methyl/N-ethyl adjacent to an activating group) is 1. The van der Waals surface area contributed by atoms with E-state index in [0.717, 1.165) is 16.7 Å². The first-order valence-corrected chi connectivity index (χ1v) is 8.15. The molecule has 1 aromatic heterocycles. The number of nitrogens with zero attached hydrogens (tertiary/aromatic N) is 2. The summed E-state index contributed by atoms with van der Waals surface area (Å²) in [6.07, 6.45) is 0.603. The summed E-state index contributed by atoms with van der Waals surface area (Å²) in [6.45, 7) is 3.26. The number of rotatable bonds is 5. The van der Waals surface area contributed by atoms with Crippen LogP contribution in [-0.2, 0) is 9.59 Å². The fraction of sp³-hybridized carbons (Fsp3) is 0.444. The number of hydrogen-bond donors (Lipinski definition) is 1. The first-order valence-electron chi connectivity index (χ1n) is 8.15. The molecule has 3 rings (SSSR count). The van der Waals surface area contributed by atoms with E-state index in [9.17, 15) is 9.59 Å². The highest BCUT2D eigenvalue weighted by Crippen LogP contribution is 2.27. The topological polar surface area (TPSA) is 74.0 Å². The molecule has 0 spiro atoms. The van der Waals surface area contributed by atoms with E-state index in [1.54, 1.807) is 11.9 Å². The third-order valence-corrected chi connectivity index (χ3v) is 4.81. The summed E-state index contributed by atoms with van der Waals surface area (Å²) in [5.41, 5.74) is 0.809. The highest BCUT2D eigenvalue weighted by Gasteiger charge is 2.30. The second-order valence-corrected chi connectivity index (χ2v) is 6.43. The van der Waals surface area contributed by atoms with Crippen molar-refractivity contribution in [3.05, 3.63) is 36.1 Å². The number of carboxylic acid groups (broad SMARTS) is 1. The van der Waals surface area contributed by atoms with Crippen LogP contribution in [0, 0.1) is 5.92 Å². The quantitative estimate of drug-likeness (QED) is 0.880. The van der Waals surface area contributed by atoms with Crippen LogP contribution in [0.5, 0.6) is 0 Å². The summed E-state index contributed by atoms with van der Waals surface area (Å²) in [4.78, 5) is 27.1. The van der Waals surface area contributed by atoms with Gasteiger partial charge in [0.05, 0.1) is 18.5 Å². The van der Waals surface area contributed by atoms with Crippen molar-refractivity contribution in [3.8, 4) is 0 Å². The highest BCUT2D eigenvalue weighted by molar-refractivity contribution is 5.85. The van der Waals surface area contributed by atoms with Crippen LogP contribution in [0.15, 0.2) is 34.7 Å². The zero-order valence-corrected chi connectivity index (χ0v) is 15.2. The Kier molecular flexibility index (Phi) is 6.08. The molecule has 1 fully saturated rings. The molecule has 1 aliphatic rings. The number of hydrogen-bond acceptors (Lipinski definition) is 4. The van der Waals surface area contributed by atoms with Crippen molar-refractivity contribution < 1.29 is 19.1 Å². The monoisotopic (exact) mass is 366 g/mol. The molecule has 2 unspecified atom stereocenters. The van der Waals surface area contributed by atoms with E-state index >= 15 is 0 Å². The second kappa shape index (κ2) is 7.89. The second-order valence-electron chi connectivity index (χ2n) is 6.43. The van der Waals surface area contributed by atoms with Crippen molar-refractivity contribution >= 4 is 35.3 Å². The Morgan fingerprint density at radius 2 is 2.12 bits per heavy atom. The maximum absolute atomic E-state index is 12.5. The minimum atomic E-state index is -0.783.